The zero-order chi connectivity index (χ0) is 12.7. The van der Waals surface area contributed by atoms with Gasteiger partial charge in [-0.15, -0.1) is 0 Å². The monoisotopic (exact) mass is 244 g/mol. The summed E-state index contributed by atoms with van der Waals surface area (Å²) in [7, 11) is 0. The number of hydrogen-bond acceptors (Lipinski definition) is 4. The molecular formula is C12H24N2O3. The molecule has 1 fully saturated rings. The molecule has 5 nitrogen and oxygen atoms in total. The van der Waals surface area contributed by atoms with Gasteiger partial charge in [-0.05, 0) is 32.6 Å². The van der Waals surface area contributed by atoms with Gasteiger partial charge in [-0.2, -0.15) is 0 Å². The minimum atomic E-state index is -0.541. The molecule has 1 rings (SSSR count). The molecule has 0 aromatic carbocycles. The fourth-order valence-corrected chi connectivity index (χ4v) is 1.44. The van der Waals surface area contributed by atoms with Crippen LogP contribution in [-0.4, -0.2) is 49.5 Å². The number of ether oxygens (including phenoxy) is 1. The Labute approximate surface area is 103 Å². The van der Waals surface area contributed by atoms with E-state index in [1.165, 1.54) is 12.8 Å². The lowest BCUT2D eigenvalue weighted by atomic mass is 10.3. The molecule has 0 spiro atoms. The summed E-state index contributed by atoms with van der Waals surface area (Å²) in [4.78, 5) is 11.3. The fourth-order valence-electron chi connectivity index (χ4n) is 1.44. The molecule has 1 saturated carbocycles. The van der Waals surface area contributed by atoms with Crippen molar-refractivity contribution in [2.45, 2.75) is 38.8 Å². The Kier molecular flexibility index (Phi) is 6.47. The highest BCUT2D eigenvalue weighted by Gasteiger charge is 2.21. The third-order valence-electron chi connectivity index (χ3n) is 2.48. The standard InChI is InChI=1S/C12H24N2O3/c1-9(2)14-12(16)6-13-5-11(15)8-17-7-10-3-4-10/h9-11,13,15H,3-8H2,1-2H3,(H,14,16). The number of rotatable bonds is 9. The van der Waals surface area contributed by atoms with E-state index >= 15 is 0 Å². The molecule has 1 aliphatic rings. The van der Waals surface area contributed by atoms with E-state index in [9.17, 15) is 9.90 Å². The van der Waals surface area contributed by atoms with Crippen LogP contribution in [0.4, 0.5) is 0 Å². The zero-order valence-corrected chi connectivity index (χ0v) is 10.7. The van der Waals surface area contributed by atoms with Gasteiger partial charge in [-0.1, -0.05) is 0 Å². The minimum Gasteiger partial charge on any atom is -0.389 e. The quantitative estimate of drug-likeness (QED) is 0.529. The lowest BCUT2D eigenvalue weighted by Crippen LogP contribution is -2.40. The lowest BCUT2D eigenvalue weighted by molar-refractivity contribution is -0.120. The van der Waals surface area contributed by atoms with Crippen LogP contribution in [-0.2, 0) is 9.53 Å². The van der Waals surface area contributed by atoms with Crippen LogP contribution in [0.25, 0.3) is 0 Å². The average Bonchev–Trinajstić information content (AvgIpc) is 3.00. The molecule has 5 heteroatoms. The Morgan fingerprint density at radius 2 is 2.18 bits per heavy atom. The topological polar surface area (TPSA) is 70.6 Å². The Balaban J connectivity index is 1.91. The first-order valence-electron chi connectivity index (χ1n) is 6.33. The normalized spacial score (nSPS) is 17.2. The summed E-state index contributed by atoms with van der Waals surface area (Å²) >= 11 is 0. The first-order chi connectivity index (χ1) is 8.08. The molecule has 1 amide bonds. The molecule has 3 N–H and O–H groups in total. The van der Waals surface area contributed by atoms with Gasteiger partial charge < -0.3 is 20.5 Å². The first-order valence-corrected chi connectivity index (χ1v) is 6.33. The maximum atomic E-state index is 11.3. The average molecular weight is 244 g/mol. The van der Waals surface area contributed by atoms with Gasteiger partial charge in [0, 0.05) is 19.2 Å². The number of carbonyl (C=O) groups excluding carboxylic acids is 1. The van der Waals surface area contributed by atoms with Crippen molar-refractivity contribution in [1.29, 1.82) is 0 Å². The number of hydrogen-bond donors (Lipinski definition) is 3. The summed E-state index contributed by atoms with van der Waals surface area (Å²) < 4.78 is 5.35. The Bertz CT molecular complexity index is 230. The molecule has 0 heterocycles. The predicted octanol–water partition coefficient (Wildman–Crippen LogP) is -0.112. The molecule has 1 atom stereocenters. The van der Waals surface area contributed by atoms with Crippen LogP contribution in [0.2, 0.25) is 0 Å². The molecule has 0 radical (unpaired) electrons. The Morgan fingerprint density at radius 1 is 1.47 bits per heavy atom. The van der Waals surface area contributed by atoms with Gasteiger partial charge in [0.1, 0.15) is 0 Å². The summed E-state index contributed by atoms with van der Waals surface area (Å²) in [5, 5.41) is 15.2. The molecule has 17 heavy (non-hydrogen) atoms. The predicted molar refractivity (Wildman–Crippen MR) is 65.7 cm³/mol. The van der Waals surface area contributed by atoms with Crippen LogP contribution in [0.1, 0.15) is 26.7 Å². The van der Waals surface area contributed by atoms with Gasteiger partial charge in [0.15, 0.2) is 0 Å². The molecule has 0 aromatic rings. The van der Waals surface area contributed by atoms with E-state index in [-0.39, 0.29) is 18.5 Å². The summed E-state index contributed by atoms with van der Waals surface area (Å²) in [5.74, 6) is 0.665. The van der Waals surface area contributed by atoms with Crippen molar-refractivity contribution in [2.24, 2.45) is 5.92 Å². The number of nitrogens with one attached hydrogen (secondary N) is 2. The van der Waals surface area contributed by atoms with E-state index in [1.807, 2.05) is 13.8 Å². The van der Waals surface area contributed by atoms with Crippen LogP contribution in [0.15, 0.2) is 0 Å². The fraction of sp³-hybridized carbons (Fsp3) is 0.917. The highest BCUT2D eigenvalue weighted by molar-refractivity contribution is 5.78. The van der Waals surface area contributed by atoms with Crippen LogP contribution in [0.3, 0.4) is 0 Å². The first kappa shape index (κ1) is 14.4. The highest BCUT2D eigenvalue weighted by Crippen LogP contribution is 2.28. The molecule has 0 saturated heterocycles. The van der Waals surface area contributed by atoms with Crippen LogP contribution in [0.5, 0.6) is 0 Å². The van der Waals surface area contributed by atoms with Crippen molar-refractivity contribution < 1.29 is 14.6 Å². The van der Waals surface area contributed by atoms with E-state index in [0.29, 0.717) is 19.1 Å². The molecule has 1 aliphatic carbocycles. The number of carbonyl (C=O) groups is 1. The summed E-state index contributed by atoms with van der Waals surface area (Å²) in [6, 6.07) is 0.149. The number of aliphatic hydroxyl groups excluding tert-OH is 1. The van der Waals surface area contributed by atoms with Crippen molar-refractivity contribution in [3.05, 3.63) is 0 Å². The van der Waals surface area contributed by atoms with Crippen LogP contribution < -0.4 is 10.6 Å². The van der Waals surface area contributed by atoms with Crippen molar-refractivity contribution in [1.82, 2.24) is 10.6 Å². The molecule has 100 valence electrons. The van der Waals surface area contributed by atoms with E-state index in [1.54, 1.807) is 0 Å². The largest absolute Gasteiger partial charge is 0.389 e. The SMILES string of the molecule is CC(C)NC(=O)CNCC(O)COCC1CC1. The Morgan fingerprint density at radius 3 is 2.76 bits per heavy atom. The second-order valence-electron chi connectivity index (χ2n) is 4.99. The third-order valence-corrected chi connectivity index (χ3v) is 2.48. The number of amides is 1. The van der Waals surface area contributed by atoms with Crippen LogP contribution >= 0.6 is 0 Å². The molecule has 0 aliphatic heterocycles. The van der Waals surface area contributed by atoms with E-state index in [0.717, 1.165) is 6.61 Å². The lowest BCUT2D eigenvalue weighted by Gasteiger charge is -2.13. The summed E-state index contributed by atoms with van der Waals surface area (Å²) in [5.41, 5.74) is 0. The molecule has 0 aromatic heterocycles. The van der Waals surface area contributed by atoms with Gasteiger partial charge in [-0.3, -0.25) is 4.79 Å². The summed E-state index contributed by atoms with van der Waals surface area (Å²) in [6.45, 7) is 5.55. The minimum absolute atomic E-state index is 0.0499. The smallest absolute Gasteiger partial charge is 0.234 e. The molecular weight excluding hydrogens is 220 g/mol. The second kappa shape index (κ2) is 7.63. The molecule has 0 bridgehead atoms. The van der Waals surface area contributed by atoms with Gasteiger partial charge >= 0.3 is 0 Å². The van der Waals surface area contributed by atoms with Crippen molar-refractivity contribution in [3.8, 4) is 0 Å². The van der Waals surface area contributed by atoms with Crippen molar-refractivity contribution in [3.63, 3.8) is 0 Å². The maximum Gasteiger partial charge on any atom is 0.234 e. The van der Waals surface area contributed by atoms with Gasteiger partial charge in [0.05, 0.1) is 19.3 Å². The van der Waals surface area contributed by atoms with Crippen LogP contribution in [0, 0.1) is 5.92 Å². The summed E-state index contributed by atoms with van der Waals surface area (Å²) in [6.07, 6.45) is 1.97. The Hall–Kier alpha value is -0.650. The number of aliphatic hydroxyl groups is 1. The van der Waals surface area contributed by atoms with Gasteiger partial charge in [0.2, 0.25) is 5.91 Å². The maximum absolute atomic E-state index is 11.3. The molecule has 1 unspecified atom stereocenters. The highest BCUT2D eigenvalue weighted by atomic mass is 16.5. The zero-order valence-electron chi connectivity index (χ0n) is 10.7. The van der Waals surface area contributed by atoms with Gasteiger partial charge in [-0.25, -0.2) is 0 Å². The van der Waals surface area contributed by atoms with Crippen molar-refractivity contribution in [2.75, 3.05) is 26.3 Å². The third kappa shape index (κ3) is 8.12. The van der Waals surface area contributed by atoms with E-state index in [2.05, 4.69) is 10.6 Å². The van der Waals surface area contributed by atoms with E-state index < -0.39 is 6.10 Å². The van der Waals surface area contributed by atoms with Crippen molar-refractivity contribution >= 4 is 5.91 Å². The van der Waals surface area contributed by atoms with E-state index in [4.69, 9.17) is 4.74 Å². The second-order valence-corrected chi connectivity index (χ2v) is 4.99. The van der Waals surface area contributed by atoms with Gasteiger partial charge in [0.25, 0.3) is 0 Å².